The molecule has 1 fully saturated rings. The summed E-state index contributed by atoms with van der Waals surface area (Å²) >= 11 is 0. The molecule has 1 aromatic rings. The van der Waals surface area contributed by atoms with Crippen LogP contribution in [0.25, 0.3) is 0 Å². The van der Waals surface area contributed by atoms with Gasteiger partial charge in [0.15, 0.2) is 0 Å². The molecule has 0 saturated carbocycles. The summed E-state index contributed by atoms with van der Waals surface area (Å²) in [6, 6.07) is 4.04. The van der Waals surface area contributed by atoms with Crippen molar-refractivity contribution in [2.24, 2.45) is 5.41 Å². The molecule has 0 spiro atoms. The van der Waals surface area contributed by atoms with E-state index < -0.39 is 11.4 Å². The number of carboxylic acids is 1. The van der Waals surface area contributed by atoms with E-state index >= 15 is 0 Å². The first kappa shape index (κ1) is 12.2. The van der Waals surface area contributed by atoms with Crippen LogP contribution in [0.1, 0.15) is 38.5 Å². The van der Waals surface area contributed by atoms with Crippen molar-refractivity contribution in [2.75, 3.05) is 13.1 Å². The number of rotatable bonds is 4. The summed E-state index contributed by atoms with van der Waals surface area (Å²) in [5.74, 6) is 0.233. The molecule has 0 radical (unpaired) electrons. The largest absolute Gasteiger partial charge is 0.481 e. The zero-order valence-corrected chi connectivity index (χ0v) is 10.3. The van der Waals surface area contributed by atoms with Crippen molar-refractivity contribution in [2.45, 2.75) is 32.7 Å². The second-order valence-electron chi connectivity index (χ2n) is 5.03. The highest BCUT2D eigenvalue weighted by Crippen LogP contribution is 2.36. The van der Waals surface area contributed by atoms with Crippen LogP contribution in [-0.4, -0.2) is 29.1 Å². The van der Waals surface area contributed by atoms with E-state index in [2.05, 4.69) is 11.8 Å². The zero-order valence-electron chi connectivity index (χ0n) is 10.3. The van der Waals surface area contributed by atoms with Crippen molar-refractivity contribution >= 4 is 5.97 Å². The number of aliphatic carboxylic acids is 1. The lowest BCUT2D eigenvalue weighted by Crippen LogP contribution is -2.33. The van der Waals surface area contributed by atoms with Crippen molar-refractivity contribution < 1.29 is 14.3 Å². The molecule has 2 rings (SSSR count). The molecule has 0 aliphatic carbocycles. The number of likely N-dealkylation sites (tertiary alicyclic amines) is 1. The molecular formula is C13H19NO3. The van der Waals surface area contributed by atoms with E-state index in [9.17, 15) is 9.90 Å². The number of furan rings is 1. The fraction of sp³-hybridized carbons (Fsp3) is 0.615. The summed E-state index contributed by atoms with van der Waals surface area (Å²) in [5.41, 5.74) is -0.611. The number of carboxylic acid groups (broad SMARTS) is 1. The minimum Gasteiger partial charge on any atom is -0.481 e. The Morgan fingerprint density at radius 1 is 1.71 bits per heavy atom. The third kappa shape index (κ3) is 2.22. The van der Waals surface area contributed by atoms with Gasteiger partial charge in [-0.3, -0.25) is 9.69 Å². The van der Waals surface area contributed by atoms with Gasteiger partial charge in [-0.25, -0.2) is 0 Å². The highest BCUT2D eigenvalue weighted by molar-refractivity contribution is 5.74. The molecule has 94 valence electrons. The summed E-state index contributed by atoms with van der Waals surface area (Å²) in [6.45, 7) is 5.34. The van der Waals surface area contributed by atoms with Gasteiger partial charge in [0.2, 0.25) is 0 Å². The first-order valence-corrected chi connectivity index (χ1v) is 6.07. The Bertz CT molecular complexity index is 387. The van der Waals surface area contributed by atoms with Gasteiger partial charge in [-0.2, -0.15) is 0 Å². The highest BCUT2D eigenvalue weighted by atomic mass is 16.4. The van der Waals surface area contributed by atoms with Gasteiger partial charge in [0.05, 0.1) is 17.7 Å². The standard InChI is InChI=1S/C13H19NO3/c1-3-10(11-5-4-8-17-11)14-7-6-13(2,9-14)12(15)16/h4-5,8,10H,3,6-7,9H2,1-2H3,(H,15,16). The maximum Gasteiger partial charge on any atom is 0.310 e. The number of nitrogens with zero attached hydrogens (tertiary/aromatic N) is 1. The molecule has 0 bridgehead atoms. The van der Waals surface area contributed by atoms with Crippen LogP contribution < -0.4 is 0 Å². The SMILES string of the molecule is CCC(c1ccco1)N1CCC(C)(C(=O)O)C1. The minimum atomic E-state index is -0.700. The molecule has 0 aromatic carbocycles. The average molecular weight is 237 g/mol. The van der Waals surface area contributed by atoms with E-state index in [1.165, 1.54) is 0 Å². The highest BCUT2D eigenvalue weighted by Gasteiger charge is 2.42. The van der Waals surface area contributed by atoms with Crippen LogP contribution >= 0.6 is 0 Å². The van der Waals surface area contributed by atoms with Crippen LogP contribution in [0.15, 0.2) is 22.8 Å². The fourth-order valence-corrected chi connectivity index (χ4v) is 2.56. The molecule has 0 amide bonds. The number of hydrogen-bond donors (Lipinski definition) is 1. The van der Waals surface area contributed by atoms with Crippen LogP contribution in [-0.2, 0) is 4.79 Å². The average Bonchev–Trinajstić information content (AvgIpc) is 2.91. The van der Waals surface area contributed by atoms with Gasteiger partial charge in [0.1, 0.15) is 5.76 Å². The van der Waals surface area contributed by atoms with E-state index in [0.29, 0.717) is 13.0 Å². The van der Waals surface area contributed by atoms with E-state index in [1.54, 1.807) is 6.26 Å². The second kappa shape index (κ2) is 4.53. The third-order valence-electron chi connectivity index (χ3n) is 3.72. The van der Waals surface area contributed by atoms with E-state index in [4.69, 9.17) is 4.42 Å². The molecule has 17 heavy (non-hydrogen) atoms. The first-order valence-electron chi connectivity index (χ1n) is 6.07. The summed E-state index contributed by atoms with van der Waals surface area (Å²) < 4.78 is 5.44. The van der Waals surface area contributed by atoms with Crippen LogP contribution in [0.4, 0.5) is 0 Å². The molecule has 1 aromatic heterocycles. The van der Waals surface area contributed by atoms with Crippen LogP contribution in [0.5, 0.6) is 0 Å². The lowest BCUT2D eigenvalue weighted by Gasteiger charge is -2.26. The van der Waals surface area contributed by atoms with Gasteiger partial charge in [0, 0.05) is 13.1 Å². The summed E-state index contributed by atoms with van der Waals surface area (Å²) in [6.07, 6.45) is 3.31. The Labute approximate surface area is 101 Å². The Kier molecular flexibility index (Phi) is 3.24. The Hall–Kier alpha value is -1.29. The molecule has 1 saturated heterocycles. The molecule has 4 nitrogen and oxygen atoms in total. The van der Waals surface area contributed by atoms with Gasteiger partial charge < -0.3 is 9.52 Å². The zero-order chi connectivity index (χ0) is 12.5. The minimum absolute atomic E-state index is 0.200. The molecule has 2 atom stereocenters. The first-order chi connectivity index (χ1) is 8.07. The van der Waals surface area contributed by atoms with Crippen molar-refractivity contribution in [1.82, 2.24) is 4.90 Å². The summed E-state index contributed by atoms with van der Waals surface area (Å²) in [7, 11) is 0. The van der Waals surface area contributed by atoms with Crippen molar-refractivity contribution in [3.05, 3.63) is 24.2 Å². The second-order valence-corrected chi connectivity index (χ2v) is 5.03. The van der Waals surface area contributed by atoms with Gasteiger partial charge >= 0.3 is 5.97 Å². The number of hydrogen-bond acceptors (Lipinski definition) is 3. The maximum atomic E-state index is 11.2. The van der Waals surface area contributed by atoms with Gasteiger partial charge in [-0.15, -0.1) is 0 Å². The lowest BCUT2D eigenvalue weighted by atomic mass is 9.90. The predicted molar refractivity (Wildman–Crippen MR) is 63.7 cm³/mol. The number of carbonyl (C=O) groups is 1. The fourth-order valence-electron chi connectivity index (χ4n) is 2.56. The molecule has 2 heterocycles. The summed E-state index contributed by atoms with van der Waals surface area (Å²) in [5, 5.41) is 9.23. The molecule has 2 unspecified atom stereocenters. The third-order valence-corrected chi connectivity index (χ3v) is 3.72. The van der Waals surface area contributed by atoms with E-state index in [-0.39, 0.29) is 6.04 Å². The van der Waals surface area contributed by atoms with Crippen LogP contribution in [0.3, 0.4) is 0 Å². The molecule has 1 N–H and O–H groups in total. The topological polar surface area (TPSA) is 53.7 Å². The van der Waals surface area contributed by atoms with Crippen molar-refractivity contribution in [3.8, 4) is 0 Å². The Morgan fingerprint density at radius 2 is 2.47 bits per heavy atom. The molecule has 4 heteroatoms. The lowest BCUT2D eigenvalue weighted by molar-refractivity contribution is -0.147. The Balaban J connectivity index is 2.12. The molecule has 1 aliphatic rings. The van der Waals surface area contributed by atoms with E-state index in [0.717, 1.165) is 18.7 Å². The van der Waals surface area contributed by atoms with Gasteiger partial charge in [-0.05, 0) is 31.9 Å². The molecule has 1 aliphatic heterocycles. The normalized spacial score (nSPS) is 27.2. The van der Waals surface area contributed by atoms with Crippen LogP contribution in [0.2, 0.25) is 0 Å². The summed E-state index contributed by atoms with van der Waals surface area (Å²) in [4.78, 5) is 13.4. The van der Waals surface area contributed by atoms with Crippen molar-refractivity contribution in [1.29, 1.82) is 0 Å². The Morgan fingerprint density at radius 3 is 2.94 bits per heavy atom. The quantitative estimate of drug-likeness (QED) is 0.874. The van der Waals surface area contributed by atoms with Crippen molar-refractivity contribution in [3.63, 3.8) is 0 Å². The molecular weight excluding hydrogens is 218 g/mol. The van der Waals surface area contributed by atoms with E-state index in [1.807, 2.05) is 19.1 Å². The predicted octanol–water partition coefficient (Wildman–Crippen LogP) is 2.53. The maximum absolute atomic E-state index is 11.2. The smallest absolute Gasteiger partial charge is 0.310 e. The van der Waals surface area contributed by atoms with Gasteiger partial charge in [0.25, 0.3) is 0 Å². The van der Waals surface area contributed by atoms with Gasteiger partial charge in [-0.1, -0.05) is 6.92 Å². The monoisotopic (exact) mass is 237 g/mol. The van der Waals surface area contributed by atoms with Crippen LogP contribution in [0, 0.1) is 5.41 Å².